The molecule has 1 aromatic carbocycles. The molecule has 0 atom stereocenters. The molecular weight excluding hydrogens is 260 g/mol. The molecule has 0 bridgehead atoms. The van der Waals surface area contributed by atoms with Gasteiger partial charge in [0, 0.05) is 12.1 Å². The highest BCUT2D eigenvalue weighted by Crippen LogP contribution is 2.11. The fourth-order valence-corrected chi connectivity index (χ4v) is 2.55. The molecule has 0 saturated carbocycles. The topological polar surface area (TPSA) is 72.2 Å². The third kappa shape index (κ3) is 5.43. The van der Waals surface area contributed by atoms with Gasteiger partial charge >= 0.3 is 0 Å². The van der Waals surface area contributed by atoms with E-state index >= 15 is 0 Å². The van der Waals surface area contributed by atoms with E-state index in [1.54, 1.807) is 24.3 Å². The fraction of sp³-hybridized carbons (Fsp3) is 0.429. The molecule has 4 nitrogen and oxygen atoms in total. The van der Waals surface area contributed by atoms with Crippen LogP contribution in [0.1, 0.15) is 25.8 Å². The first-order chi connectivity index (χ1) is 8.95. The lowest BCUT2D eigenvalue weighted by molar-refractivity contribution is 0.551. The third-order valence-corrected chi connectivity index (χ3v) is 3.95. The summed E-state index contributed by atoms with van der Waals surface area (Å²) < 4.78 is 26.7. The van der Waals surface area contributed by atoms with Gasteiger partial charge in [-0.15, -0.1) is 0 Å². The minimum atomic E-state index is -3.45. The number of hydrogen-bond donors (Lipinski definition) is 2. The Kier molecular flexibility index (Phi) is 6.03. The van der Waals surface area contributed by atoms with Crippen molar-refractivity contribution < 1.29 is 8.42 Å². The highest BCUT2D eigenvalue weighted by Gasteiger charge is 2.13. The molecule has 0 aliphatic rings. The second kappa shape index (κ2) is 7.29. The maximum absolute atomic E-state index is 12.1. The number of sulfonamides is 1. The van der Waals surface area contributed by atoms with E-state index < -0.39 is 10.0 Å². The van der Waals surface area contributed by atoms with Crippen molar-refractivity contribution in [1.29, 1.82) is 0 Å². The van der Waals surface area contributed by atoms with E-state index in [0.29, 0.717) is 18.0 Å². The maximum atomic E-state index is 12.1. The van der Waals surface area contributed by atoms with Crippen LogP contribution in [0.2, 0.25) is 0 Å². The molecule has 5 heteroatoms. The Balaban J connectivity index is 2.83. The summed E-state index contributed by atoms with van der Waals surface area (Å²) in [6, 6.07) is 6.55. The van der Waals surface area contributed by atoms with E-state index in [1.807, 2.05) is 0 Å². The van der Waals surface area contributed by atoms with E-state index in [0.717, 1.165) is 6.42 Å². The summed E-state index contributed by atoms with van der Waals surface area (Å²) in [6.45, 7) is 4.80. The van der Waals surface area contributed by atoms with Crippen molar-refractivity contribution in [3.8, 4) is 11.8 Å². The third-order valence-electron chi connectivity index (χ3n) is 2.49. The van der Waals surface area contributed by atoms with Gasteiger partial charge in [-0.2, -0.15) is 0 Å². The average Bonchev–Trinajstić information content (AvgIpc) is 2.36. The van der Waals surface area contributed by atoms with E-state index in [-0.39, 0.29) is 11.4 Å². The van der Waals surface area contributed by atoms with Crippen molar-refractivity contribution in [1.82, 2.24) is 4.72 Å². The first-order valence-electron chi connectivity index (χ1n) is 6.24. The van der Waals surface area contributed by atoms with Crippen LogP contribution in [0.3, 0.4) is 0 Å². The summed E-state index contributed by atoms with van der Waals surface area (Å²) in [5.74, 6) is 5.99. The Morgan fingerprint density at radius 2 is 2.11 bits per heavy atom. The van der Waals surface area contributed by atoms with Gasteiger partial charge in [-0.1, -0.05) is 31.8 Å². The zero-order valence-electron chi connectivity index (χ0n) is 11.3. The van der Waals surface area contributed by atoms with Gasteiger partial charge in [0.15, 0.2) is 0 Å². The summed E-state index contributed by atoms with van der Waals surface area (Å²) >= 11 is 0. The van der Waals surface area contributed by atoms with E-state index in [9.17, 15) is 8.42 Å². The van der Waals surface area contributed by atoms with Gasteiger partial charge in [0.1, 0.15) is 0 Å². The van der Waals surface area contributed by atoms with Crippen LogP contribution in [0.4, 0.5) is 0 Å². The van der Waals surface area contributed by atoms with Crippen molar-refractivity contribution in [2.75, 3.05) is 13.1 Å². The van der Waals surface area contributed by atoms with Gasteiger partial charge in [0.05, 0.1) is 11.4 Å². The number of hydrogen-bond acceptors (Lipinski definition) is 3. The molecule has 0 saturated heterocycles. The van der Waals surface area contributed by atoms with Gasteiger partial charge in [-0.3, -0.25) is 0 Å². The first-order valence-corrected chi connectivity index (χ1v) is 7.72. The molecule has 19 heavy (non-hydrogen) atoms. The van der Waals surface area contributed by atoms with Crippen molar-refractivity contribution in [2.45, 2.75) is 25.2 Å². The Hall–Kier alpha value is -1.35. The van der Waals surface area contributed by atoms with Crippen LogP contribution in [0.15, 0.2) is 29.2 Å². The molecular formula is C14H20N2O2S. The van der Waals surface area contributed by atoms with Crippen LogP contribution in [0.5, 0.6) is 0 Å². The number of nitrogens with two attached hydrogens (primary N) is 1. The van der Waals surface area contributed by atoms with Gasteiger partial charge in [-0.25, -0.2) is 13.1 Å². The molecule has 0 aliphatic heterocycles. The standard InChI is InChI=1S/C14H20N2O2S/c1-12(2)8-10-16-19(17,18)14-7-3-5-13(11-14)6-4-9-15/h3,5,7,11-12,16H,8-10,15H2,1-2H3. The summed E-state index contributed by atoms with van der Waals surface area (Å²) in [6.07, 6.45) is 0.811. The monoisotopic (exact) mass is 280 g/mol. The van der Waals surface area contributed by atoms with Crippen molar-refractivity contribution >= 4 is 10.0 Å². The molecule has 0 amide bonds. The summed E-state index contributed by atoms with van der Waals surface area (Å²) in [7, 11) is -3.45. The van der Waals surface area contributed by atoms with Crippen LogP contribution < -0.4 is 10.5 Å². The molecule has 0 fully saturated rings. The first kappa shape index (κ1) is 15.7. The van der Waals surface area contributed by atoms with Gasteiger partial charge in [0.2, 0.25) is 10.0 Å². The molecule has 0 heterocycles. The number of nitrogens with one attached hydrogen (secondary N) is 1. The SMILES string of the molecule is CC(C)CCNS(=O)(=O)c1cccc(C#CCN)c1. The lowest BCUT2D eigenvalue weighted by atomic mass is 10.1. The summed E-state index contributed by atoms with van der Waals surface area (Å²) in [5, 5.41) is 0. The van der Waals surface area contributed by atoms with Gasteiger partial charge < -0.3 is 5.73 Å². The largest absolute Gasteiger partial charge is 0.320 e. The molecule has 104 valence electrons. The predicted molar refractivity (Wildman–Crippen MR) is 77.0 cm³/mol. The van der Waals surface area contributed by atoms with Crippen LogP contribution in [0.25, 0.3) is 0 Å². The lowest BCUT2D eigenvalue weighted by Crippen LogP contribution is -2.25. The van der Waals surface area contributed by atoms with Gasteiger partial charge in [0.25, 0.3) is 0 Å². The highest BCUT2D eigenvalue weighted by molar-refractivity contribution is 7.89. The van der Waals surface area contributed by atoms with Gasteiger partial charge in [-0.05, 0) is 30.5 Å². The second-order valence-electron chi connectivity index (χ2n) is 4.61. The Morgan fingerprint density at radius 3 is 2.74 bits per heavy atom. The molecule has 0 aromatic heterocycles. The molecule has 0 spiro atoms. The molecule has 0 radical (unpaired) electrons. The minimum absolute atomic E-state index is 0.236. The number of rotatable bonds is 5. The van der Waals surface area contributed by atoms with Crippen molar-refractivity contribution in [3.63, 3.8) is 0 Å². The lowest BCUT2D eigenvalue weighted by Gasteiger charge is -2.08. The Labute approximate surface area is 115 Å². The zero-order valence-corrected chi connectivity index (χ0v) is 12.1. The van der Waals surface area contributed by atoms with Crippen LogP contribution >= 0.6 is 0 Å². The van der Waals surface area contributed by atoms with Crippen molar-refractivity contribution in [2.24, 2.45) is 11.7 Å². The normalized spacial score (nSPS) is 11.2. The van der Waals surface area contributed by atoms with Crippen LogP contribution in [-0.2, 0) is 10.0 Å². The summed E-state index contributed by atoms with van der Waals surface area (Å²) in [4.78, 5) is 0.236. The quantitative estimate of drug-likeness (QED) is 0.799. The second-order valence-corrected chi connectivity index (χ2v) is 6.38. The molecule has 0 aliphatic carbocycles. The highest BCUT2D eigenvalue weighted by atomic mass is 32.2. The molecule has 1 aromatic rings. The fourth-order valence-electron chi connectivity index (χ4n) is 1.46. The number of benzene rings is 1. The maximum Gasteiger partial charge on any atom is 0.240 e. The Morgan fingerprint density at radius 1 is 1.37 bits per heavy atom. The van der Waals surface area contributed by atoms with Crippen LogP contribution in [-0.4, -0.2) is 21.5 Å². The van der Waals surface area contributed by atoms with E-state index in [4.69, 9.17) is 5.73 Å². The van der Waals surface area contributed by atoms with Crippen LogP contribution in [0, 0.1) is 17.8 Å². The predicted octanol–water partition coefficient (Wildman–Crippen LogP) is 1.32. The zero-order chi connectivity index (χ0) is 14.3. The molecule has 3 N–H and O–H groups in total. The average molecular weight is 280 g/mol. The molecule has 0 unspecified atom stereocenters. The van der Waals surface area contributed by atoms with E-state index in [1.165, 1.54) is 0 Å². The molecule has 1 rings (SSSR count). The summed E-state index contributed by atoms with van der Waals surface area (Å²) in [5.41, 5.74) is 5.94. The van der Waals surface area contributed by atoms with Crippen molar-refractivity contribution in [3.05, 3.63) is 29.8 Å². The minimum Gasteiger partial charge on any atom is -0.320 e. The smallest absolute Gasteiger partial charge is 0.240 e. The Bertz CT molecular complexity index is 569. The van der Waals surface area contributed by atoms with E-state index in [2.05, 4.69) is 30.4 Å².